The standard InChI is InChI=1S/4C4H9O.Hf/c4*1-3-4(2)5;/h4*4H,3H2,1-2H3;/q4*-1;+4. The topological polar surface area (TPSA) is 92.2 Å². The summed E-state index contributed by atoms with van der Waals surface area (Å²) in [5.41, 5.74) is 0. The third-order valence-corrected chi connectivity index (χ3v) is 2.30. The molecular weight excluding hydrogens is 435 g/mol. The third-order valence-electron chi connectivity index (χ3n) is 2.30. The Balaban J connectivity index is -0.0000000533. The van der Waals surface area contributed by atoms with E-state index in [1.165, 1.54) is 0 Å². The van der Waals surface area contributed by atoms with E-state index in [-0.39, 0.29) is 50.3 Å². The molecule has 0 spiro atoms. The summed E-state index contributed by atoms with van der Waals surface area (Å²) >= 11 is 0. The van der Waals surface area contributed by atoms with Gasteiger partial charge >= 0.3 is 25.8 Å². The van der Waals surface area contributed by atoms with E-state index >= 15 is 0 Å². The van der Waals surface area contributed by atoms with Crippen molar-refractivity contribution in [1.29, 1.82) is 0 Å². The minimum absolute atomic E-state index is 0. The molecule has 21 heavy (non-hydrogen) atoms. The quantitative estimate of drug-likeness (QED) is 0.562. The molecule has 0 aromatic carbocycles. The summed E-state index contributed by atoms with van der Waals surface area (Å²) in [6.07, 6.45) is 1.54. The fourth-order valence-electron chi connectivity index (χ4n) is 0. The molecule has 0 radical (unpaired) electrons. The van der Waals surface area contributed by atoms with E-state index in [9.17, 15) is 20.4 Å². The molecule has 0 rings (SSSR count). The molecule has 0 amide bonds. The molecule has 0 aromatic rings. The zero-order chi connectivity index (χ0) is 17.1. The van der Waals surface area contributed by atoms with Crippen molar-refractivity contribution in [1.82, 2.24) is 0 Å². The van der Waals surface area contributed by atoms with Crippen LogP contribution in [0.1, 0.15) is 81.1 Å². The van der Waals surface area contributed by atoms with E-state index in [0.717, 1.165) is 25.7 Å². The zero-order valence-corrected chi connectivity index (χ0v) is 18.9. The maximum absolute atomic E-state index is 9.90. The molecular formula is C16H36HfO4. The Morgan fingerprint density at radius 3 is 0.524 bits per heavy atom. The summed E-state index contributed by atoms with van der Waals surface area (Å²) in [5, 5.41) is 39.6. The average molecular weight is 471 g/mol. The third kappa shape index (κ3) is 95.6. The summed E-state index contributed by atoms with van der Waals surface area (Å²) in [7, 11) is 0. The summed E-state index contributed by atoms with van der Waals surface area (Å²) in [5.74, 6) is 0. The van der Waals surface area contributed by atoms with Crippen molar-refractivity contribution in [3.63, 3.8) is 0 Å². The second-order valence-electron chi connectivity index (χ2n) is 4.88. The Labute approximate surface area is 151 Å². The zero-order valence-electron chi connectivity index (χ0n) is 15.3. The van der Waals surface area contributed by atoms with Gasteiger partial charge in [0, 0.05) is 0 Å². The van der Waals surface area contributed by atoms with Gasteiger partial charge < -0.3 is 20.4 Å². The molecule has 0 saturated heterocycles. The number of hydrogen-bond acceptors (Lipinski definition) is 4. The number of hydrogen-bond donors (Lipinski definition) is 0. The van der Waals surface area contributed by atoms with Crippen LogP contribution in [-0.2, 0) is 25.8 Å². The van der Waals surface area contributed by atoms with Crippen LogP contribution >= 0.6 is 0 Å². The fourth-order valence-corrected chi connectivity index (χ4v) is 0. The second-order valence-corrected chi connectivity index (χ2v) is 4.88. The Kier molecular flexibility index (Phi) is 45.8. The molecule has 4 atom stereocenters. The van der Waals surface area contributed by atoms with Crippen molar-refractivity contribution < 1.29 is 46.3 Å². The average Bonchev–Trinajstić information content (AvgIpc) is 2.40. The van der Waals surface area contributed by atoms with Crippen molar-refractivity contribution in [3.05, 3.63) is 0 Å². The van der Waals surface area contributed by atoms with Crippen LogP contribution in [0.2, 0.25) is 0 Å². The first kappa shape index (κ1) is 33.3. The molecule has 0 bridgehead atoms. The van der Waals surface area contributed by atoms with Crippen molar-refractivity contribution in [2.45, 2.75) is 105 Å². The molecule has 0 aromatic heterocycles. The summed E-state index contributed by atoms with van der Waals surface area (Å²) in [6.45, 7) is 14.2. The molecule has 0 aliphatic carbocycles. The molecule has 0 aliphatic rings. The first-order valence-corrected chi connectivity index (χ1v) is 7.71. The van der Waals surface area contributed by atoms with Gasteiger partial charge in [0.1, 0.15) is 0 Å². The molecule has 128 valence electrons. The Morgan fingerprint density at radius 1 is 0.476 bits per heavy atom. The van der Waals surface area contributed by atoms with E-state index < -0.39 is 0 Å². The summed E-state index contributed by atoms with van der Waals surface area (Å²) < 4.78 is 0. The predicted molar refractivity (Wildman–Crippen MR) is 79.0 cm³/mol. The van der Waals surface area contributed by atoms with Crippen LogP contribution in [0.15, 0.2) is 0 Å². The van der Waals surface area contributed by atoms with Crippen LogP contribution in [0.3, 0.4) is 0 Å². The minimum Gasteiger partial charge on any atom is -0.852 e. The normalized spacial score (nSPS) is 14.3. The minimum atomic E-state index is -0.366. The molecule has 0 saturated carbocycles. The molecule has 0 N–H and O–H groups in total. The van der Waals surface area contributed by atoms with E-state index in [2.05, 4.69) is 0 Å². The predicted octanol–water partition coefficient (Wildman–Crippen LogP) is 0.578. The van der Waals surface area contributed by atoms with E-state index in [0.29, 0.717) is 0 Å². The van der Waals surface area contributed by atoms with Gasteiger partial charge in [0.15, 0.2) is 0 Å². The molecule has 4 nitrogen and oxygen atoms in total. The van der Waals surface area contributed by atoms with Crippen LogP contribution in [0, 0.1) is 0 Å². The summed E-state index contributed by atoms with van der Waals surface area (Å²) in [6, 6.07) is 0. The molecule has 0 fully saturated rings. The van der Waals surface area contributed by atoms with E-state index in [1.54, 1.807) is 27.7 Å². The Morgan fingerprint density at radius 2 is 0.524 bits per heavy atom. The molecule has 0 aliphatic heterocycles. The van der Waals surface area contributed by atoms with E-state index in [4.69, 9.17) is 0 Å². The molecule has 4 unspecified atom stereocenters. The van der Waals surface area contributed by atoms with Crippen molar-refractivity contribution >= 4 is 0 Å². The smallest absolute Gasteiger partial charge is 0.852 e. The number of rotatable bonds is 4. The van der Waals surface area contributed by atoms with Gasteiger partial charge in [0.05, 0.1) is 0 Å². The van der Waals surface area contributed by atoms with Crippen LogP contribution in [0.25, 0.3) is 0 Å². The molecule has 5 heteroatoms. The largest absolute Gasteiger partial charge is 4.00 e. The van der Waals surface area contributed by atoms with Gasteiger partial charge in [-0.05, 0) is 0 Å². The monoisotopic (exact) mass is 472 g/mol. The van der Waals surface area contributed by atoms with Gasteiger partial charge in [-0.25, -0.2) is 0 Å². The van der Waals surface area contributed by atoms with Gasteiger partial charge in [-0.2, -0.15) is 0 Å². The van der Waals surface area contributed by atoms with Crippen LogP contribution < -0.4 is 20.4 Å². The van der Waals surface area contributed by atoms with Gasteiger partial charge in [-0.15, -0.1) is 24.4 Å². The Bertz CT molecular complexity index is 108. The van der Waals surface area contributed by atoms with Crippen molar-refractivity contribution in [3.8, 4) is 0 Å². The van der Waals surface area contributed by atoms with Crippen LogP contribution in [0.4, 0.5) is 0 Å². The van der Waals surface area contributed by atoms with Gasteiger partial charge in [-0.1, -0.05) is 81.1 Å². The van der Waals surface area contributed by atoms with Crippen molar-refractivity contribution in [2.24, 2.45) is 0 Å². The van der Waals surface area contributed by atoms with Gasteiger partial charge in [0.2, 0.25) is 0 Å². The maximum atomic E-state index is 9.90. The summed E-state index contributed by atoms with van der Waals surface area (Å²) in [4.78, 5) is 0. The van der Waals surface area contributed by atoms with E-state index in [1.807, 2.05) is 27.7 Å². The maximum Gasteiger partial charge on any atom is 4.00 e. The molecule has 0 heterocycles. The van der Waals surface area contributed by atoms with Crippen LogP contribution in [-0.4, -0.2) is 24.4 Å². The Hall–Kier alpha value is 0.710. The first-order chi connectivity index (χ1) is 9.08. The second kappa shape index (κ2) is 28.8. The van der Waals surface area contributed by atoms with Crippen LogP contribution in [0.5, 0.6) is 0 Å². The fraction of sp³-hybridized carbons (Fsp3) is 1.00. The van der Waals surface area contributed by atoms with Gasteiger partial charge in [0.25, 0.3) is 0 Å². The SMILES string of the molecule is CCC(C)[O-].CCC(C)[O-].CCC(C)[O-].CCC(C)[O-].[Hf+4]. The van der Waals surface area contributed by atoms with Crippen molar-refractivity contribution in [2.75, 3.05) is 0 Å². The first-order valence-electron chi connectivity index (χ1n) is 7.71. The van der Waals surface area contributed by atoms with Gasteiger partial charge in [-0.3, -0.25) is 0 Å².